The number of aliphatic hydroxyl groups is 1. The van der Waals surface area contributed by atoms with Crippen LogP contribution in [0.2, 0.25) is 0 Å². The van der Waals surface area contributed by atoms with Crippen LogP contribution >= 0.6 is 15.9 Å². The molecule has 7 heteroatoms. The molecule has 1 aromatic heterocycles. The smallest absolute Gasteiger partial charge is 0.290 e. The number of methoxy groups -OCH3 is 1. The molecule has 2 aromatic rings. The van der Waals surface area contributed by atoms with Crippen molar-refractivity contribution in [2.24, 2.45) is 0 Å². The van der Waals surface area contributed by atoms with Gasteiger partial charge in [-0.15, -0.1) is 0 Å². The molecule has 1 atom stereocenters. The first-order valence-corrected chi connectivity index (χ1v) is 8.83. The van der Waals surface area contributed by atoms with E-state index >= 15 is 0 Å². The molecule has 0 saturated heterocycles. The third kappa shape index (κ3) is 3.32. The predicted molar refractivity (Wildman–Crippen MR) is 97.9 cm³/mol. The van der Waals surface area contributed by atoms with E-state index in [1.807, 2.05) is 12.1 Å². The first-order chi connectivity index (χ1) is 12.4. The molecule has 0 aliphatic carbocycles. The van der Waals surface area contributed by atoms with E-state index in [0.717, 1.165) is 4.47 Å². The number of hydrogen-bond donors (Lipinski definition) is 1. The first-order valence-electron chi connectivity index (χ1n) is 8.03. The third-order valence-corrected chi connectivity index (χ3v) is 4.76. The van der Waals surface area contributed by atoms with Gasteiger partial charge in [-0.2, -0.15) is 0 Å². The van der Waals surface area contributed by atoms with Crippen molar-refractivity contribution in [1.29, 1.82) is 0 Å². The number of carbonyl (C=O) groups is 2. The number of rotatable bonds is 6. The lowest BCUT2D eigenvalue weighted by Crippen LogP contribution is -2.33. The van der Waals surface area contributed by atoms with Crippen molar-refractivity contribution in [3.05, 3.63) is 69.3 Å². The Morgan fingerprint density at radius 2 is 1.96 bits per heavy atom. The first kappa shape index (κ1) is 18.4. The molecule has 1 aliphatic rings. The summed E-state index contributed by atoms with van der Waals surface area (Å²) in [5, 5.41) is 10.4. The summed E-state index contributed by atoms with van der Waals surface area (Å²) < 4.78 is 11.3. The van der Waals surface area contributed by atoms with Gasteiger partial charge in [0.25, 0.3) is 5.91 Å². The number of hydrogen-bond acceptors (Lipinski definition) is 5. The van der Waals surface area contributed by atoms with E-state index < -0.39 is 23.5 Å². The van der Waals surface area contributed by atoms with E-state index in [1.54, 1.807) is 31.2 Å². The summed E-state index contributed by atoms with van der Waals surface area (Å²) in [5.41, 5.74) is 0.733. The van der Waals surface area contributed by atoms with Crippen LogP contribution in [0.15, 0.2) is 56.6 Å². The van der Waals surface area contributed by atoms with E-state index in [0.29, 0.717) is 11.3 Å². The van der Waals surface area contributed by atoms with Crippen molar-refractivity contribution in [2.45, 2.75) is 13.0 Å². The third-order valence-electron chi connectivity index (χ3n) is 4.23. The van der Waals surface area contributed by atoms with Gasteiger partial charge < -0.3 is 19.2 Å². The van der Waals surface area contributed by atoms with Gasteiger partial charge in [-0.05, 0) is 36.8 Å². The molecule has 26 heavy (non-hydrogen) atoms. The summed E-state index contributed by atoms with van der Waals surface area (Å²) in [7, 11) is 1.53. The van der Waals surface area contributed by atoms with Crippen LogP contribution in [0.25, 0.3) is 0 Å². The molecule has 1 aromatic carbocycles. The molecule has 1 N–H and O–H groups in total. The molecular weight excluding hydrogens is 402 g/mol. The van der Waals surface area contributed by atoms with Crippen LogP contribution in [0, 0.1) is 6.92 Å². The van der Waals surface area contributed by atoms with Crippen molar-refractivity contribution in [3.8, 4) is 0 Å². The molecular formula is C19H18BrNO5. The summed E-state index contributed by atoms with van der Waals surface area (Å²) in [6, 6.07) is 9.76. The van der Waals surface area contributed by atoms with Gasteiger partial charge >= 0.3 is 0 Å². The fourth-order valence-electron chi connectivity index (χ4n) is 2.99. The molecule has 0 saturated carbocycles. The second kappa shape index (κ2) is 7.47. The molecule has 0 fully saturated rings. The van der Waals surface area contributed by atoms with Crippen molar-refractivity contribution in [2.75, 3.05) is 20.3 Å². The molecule has 1 unspecified atom stereocenters. The van der Waals surface area contributed by atoms with E-state index in [2.05, 4.69) is 15.9 Å². The van der Waals surface area contributed by atoms with Gasteiger partial charge in [0.05, 0.1) is 18.2 Å². The Balaban J connectivity index is 2.07. The summed E-state index contributed by atoms with van der Waals surface area (Å²) in [4.78, 5) is 27.0. The average Bonchev–Trinajstić information content (AvgIpc) is 3.16. The zero-order valence-electron chi connectivity index (χ0n) is 14.4. The summed E-state index contributed by atoms with van der Waals surface area (Å²) >= 11 is 3.37. The van der Waals surface area contributed by atoms with Crippen LogP contribution in [-0.2, 0) is 9.53 Å². The van der Waals surface area contributed by atoms with Crippen LogP contribution in [0.3, 0.4) is 0 Å². The largest absolute Gasteiger partial charge is 0.503 e. The minimum absolute atomic E-state index is 0.0165. The van der Waals surface area contributed by atoms with Crippen LogP contribution in [0.4, 0.5) is 0 Å². The summed E-state index contributed by atoms with van der Waals surface area (Å²) in [6.45, 7) is 2.25. The van der Waals surface area contributed by atoms with Crippen molar-refractivity contribution < 1.29 is 23.8 Å². The Labute approximate surface area is 159 Å². The second-order valence-electron chi connectivity index (χ2n) is 5.95. The Bertz CT molecular complexity index is 868. The number of Topliss-reactive ketones (excluding diaryl/α,β-unsaturated/α-hetero) is 1. The number of benzene rings is 1. The number of ketones is 1. The van der Waals surface area contributed by atoms with E-state index in [1.165, 1.54) is 12.0 Å². The van der Waals surface area contributed by atoms with Crippen molar-refractivity contribution in [1.82, 2.24) is 4.90 Å². The van der Waals surface area contributed by atoms with Gasteiger partial charge in [-0.1, -0.05) is 28.1 Å². The number of aryl methyl sites for hydroxylation is 1. The standard InChI is InChI=1S/C19H18BrNO5/c1-11-3-8-14(26-11)17(22)15-16(12-4-6-13(20)7-5-12)21(9-10-25-2)19(24)18(15)23/h3-8,16,23H,9-10H2,1-2H3. The SMILES string of the molecule is COCCN1C(=O)C(O)=C(C(=O)c2ccc(C)o2)C1c1ccc(Br)cc1. The normalized spacial score (nSPS) is 17.3. The Kier molecular flexibility index (Phi) is 5.29. The Morgan fingerprint density at radius 3 is 2.54 bits per heavy atom. The van der Waals surface area contributed by atoms with Crippen molar-refractivity contribution >= 4 is 27.6 Å². The van der Waals surface area contributed by atoms with Gasteiger partial charge in [0.2, 0.25) is 5.78 Å². The van der Waals surface area contributed by atoms with Crippen LogP contribution in [-0.4, -0.2) is 42.0 Å². The van der Waals surface area contributed by atoms with E-state index in [4.69, 9.17) is 9.15 Å². The van der Waals surface area contributed by atoms with Gasteiger partial charge in [0, 0.05) is 18.1 Å². The highest BCUT2D eigenvalue weighted by molar-refractivity contribution is 9.10. The number of ether oxygens (including phenoxy) is 1. The molecule has 1 aliphatic heterocycles. The number of nitrogens with zero attached hydrogens (tertiary/aromatic N) is 1. The lowest BCUT2D eigenvalue weighted by atomic mass is 9.95. The molecule has 0 radical (unpaired) electrons. The maximum atomic E-state index is 13.0. The molecule has 1 amide bonds. The highest BCUT2D eigenvalue weighted by Crippen LogP contribution is 2.39. The average molecular weight is 420 g/mol. The quantitative estimate of drug-likeness (QED) is 0.723. The lowest BCUT2D eigenvalue weighted by Gasteiger charge is -2.26. The fraction of sp³-hybridized carbons (Fsp3) is 0.263. The van der Waals surface area contributed by atoms with Gasteiger partial charge in [0.15, 0.2) is 11.5 Å². The zero-order valence-corrected chi connectivity index (χ0v) is 15.9. The minimum atomic E-state index is -0.705. The molecule has 6 nitrogen and oxygen atoms in total. The highest BCUT2D eigenvalue weighted by Gasteiger charge is 2.44. The van der Waals surface area contributed by atoms with E-state index in [-0.39, 0.29) is 24.5 Å². The maximum Gasteiger partial charge on any atom is 0.290 e. The zero-order chi connectivity index (χ0) is 18.8. The number of amides is 1. The Morgan fingerprint density at radius 1 is 1.27 bits per heavy atom. The number of aliphatic hydroxyl groups excluding tert-OH is 1. The number of carbonyl (C=O) groups excluding carboxylic acids is 2. The van der Waals surface area contributed by atoms with Crippen LogP contribution in [0.5, 0.6) is 0 Å². The molecule has 0 spiro atoms. The molecule has 3 rings (SSSR count). The topological polar surface area (TPSA) is 80.0 Å². The van der Waals surface area contributed by atoms with Gasteiger partial charge in [0.1, 0.15) is 5.76 Å². The Hall–Kier alpha value is -2.38. The summed E-state index contributed by atoms with van der Waals surface area (Å²) in [6.07, 6.45) is 0. The number of furan rings is 1. The number of halogens is 1. The predicted octanol–water partition coefficient (Wildman–Crippen LogP) is 3.58. The van der Waals surface area contributed by atoms with Crippen LogP contribution < -0.4 is 0 Å². The van der Waals surface area contributed by atoms with Gasteiger partial charge in [-0.3, -0.25) is 9.59 Å². The molecule has 0 bridgehead atoms. The van der Waals surface area contributed by atoms with Crippen LogP contribution in [0.1, 0.15) is 27.9 Å². The summed E-state index contributed by atoms with van der Waals surface area (Å²) in [5.74, 6) is -0.979. The monoisotopic (exact) mass is 419 g/mol. The lowest BCUT2D eigenvalue weighted by molar-refractivity contribution is -0.130. The molecule has 136 valence electrons. The molecule has 2 heterocycles. The van der Waals surface area contributed by atoms with E-state index in [9.17, 15) is 14.7 Å². The van der Waals surface area contributed by atoms with Gasteiger partial charge in [-0.25, -0.2) is 0 Å². The minimum Gasteiger partial charge on any atom is -0.503 e. The maximum absolute atomic E-state index is 13.0. The highest BCUT2D eigenvalue weighted by atomic mass is 79.9. The van der Waals surface area contributed by atoms with Crippen molar-refractivity contribution in [3.63, 3.8) is 0 Å². The second-order valence-corrected chi connectivity index (χ2v) is 6.86. The fourth-order valence-corrected chi connectivity index (χ4v) is 3.25.